The quantitative estimate of drug-likeness (QED) is 0.163. The minimum absolute atomic E-state index is 0.608. The SMILES string of the molecule is CC(C)(O)C#CC(C)(C)O.O[PH](O)(c1ccccc1)c1ccccc1.O[PH](O)(c1ccccc1)c1ccccc1. The van der Waals surface area contributed by atoms with Crippen LogP contribution in [0, 0.1) is 11.8 Å². The molecule has 0 radical (unpaired) electrons. The summed E-state index contributed by atoms with van der Waals surface area (Å²) in [6, 6.07) is 35.9. The van der Waals surface area contributed by atoms with Crippen LogP contribution >= 0.6 is 15.4 Å². The Kier molecular flexibility index (Phi) is 12.2. The van der Waals surface area contributed by atoms with Crippen LogP contribution in [0.15, 0.2) is 121 Å². The molecule has 0 saturated heterocycles. The summed E-state index contributed by atoms with van der Waals surface area (Å²) in [4.78, 5) is 40.6. The third-order valence-electron chi connectivity index (χ3n) is 5.38. The Balaban J connectivity index is 0.000000216. The molecule has 0 spiro atoms. The zero-order valence-corrected chi connectivity index (χ0v) is 25.2. The van der Waals surface area contributed by atoms with Crippen molar-refractivity contribution in [1.29, 1.82) is 0 Å². The molecular weight excluding hydrogens is 542 g/mol. The van der Waals surface area contributed by atoms with Gasteiger partial charge in [0.2, 0.25) is 0 Å². The molecule has 4 rings (SSSR count). The molecule has 0 bridgehead atoms. The molecule has 4 aromatic rings. The van der Waals surface area contributed by atoms with E-state index >= 15 is 0 Å². The third-order valence-corrected chi connectivity index (χ3v) is 9.93. The summed E-state index contributed by atoms with van der Waals surface area (Å²) < 4.78 is 0. The first-order valence-electron chi connectivity index (χ1n) is 12.7. The average molecular weight is 583 g/mol. The van der Waals surface area contributed by atoms with Crippen molar-refractivity contribution >= 4 is 36.7 Å². The second-order valence-electron chi connectivity index (χ2n) is 10.2. The molecule has 0 fully saturated rings. The Morgan fingerprint density at radius 2 is 0.575 bits per heavy atom. The van der Waals surface area contributed by atoms with Gasteiger partial charge in [-0.2, -0.15) is 0 Å². The average Bonchev–Trinajstić information content (AvgIpc) is 2.94. The molecule has 8 heteroatoms. The van der Waals surface area contributed by atoms with Gasteiger partial charge in [-0.25, -0.2) is 0 Å². The van der Waals surface area contributed by atoms with Crippen LogP contribution < -0.4 is 21.2 Å². The first kappa shape index (κ1) is 33.3. The molecule has 0 atom stereocenters. The Labute approximate surface area is 238 Å². The van der Waals surface area contributed by atoms with Crippen LogP contribution in [0.5, 0.6) is 0 Å². The molecule has 0 aliphatic heterocycles. The molecule has 6 nitrogen and oxygen atoms in total. The standard InChI is InChI=1S/2C12H13O2P.C8H14O2/c2*13-15(14,11-7-3-1-4-8-11)12-9-5-2-6-10-12;1-7(2,9)5-6-8(3,4)10/h2*1-10,13-15H;9-10H,1-4H3. The first-order valence-corrected chi connectivity index (χ1v) is 16.5. The van der Waals surface area contributed by atoms with E-state index in [1.807, 2.05) is 72.8 Å². The summed E-state index contributed by atoms with van der Waals surface area (Å²) in [7, 11) is -6.91. The van der Waals surface area contributed by atoms with Crippen LogP contribution in [-0.2, 0) is 0 Å². The summed E-state index contributed by atoms with van der Waals surface area (Å²) in [5.41, 5.74) is -2.03. The van der Waals surface area contributed by atoms with Gasteiger partial charge in [0, 0.05) is 0 Å². The van der Waals surface area contributed by atoms with E-state index in [2.05, 4.69) is 11.8 Å². The summed E-state index contributed by atoms with van der Waals surface area (Å²) in [6.45, 7) is 6.30. The van der Waals surface area contributed by atoms with Crippen LogP contribution in [-0.4, -0.2) is 41.0 Å². The number of rotatable bonds is 4. The number of benzene rings is 4. The Bertz CT molecular complexity index is 1150. The van der Waals surface area contributed by atoms with Gasteiger partial charge in [-0.3, -0.25) is 0 Å². The zero-order chi connectivity index (χ0) is 29.9. The minimum atomic E-state index is -3.46. The fourth-order valence-electron chi connectivity index (χ4n) is 3.32. The predicted molar refractivity (Wildman–Crippen MR) is 170 cm³/mol. The number of hydrogen-bond acceptors (Lipinski definition) is 6. The molecule has 4 aromatic carbocycles. The van der Waals surface area contributed by atoms with Gasteiger partial charge < -0.3 is 10.2 Å². The predicted octanol–water partition coefficient (Wildman–Crippen LogP) is 2.94. The number of hydrogen-bond donors (Lipinski definition) is 6. The van der Waals surface area contributed by atoms with Gasteiger partial charge in [0.05, 0.1) is 0 Å². The van der Waals surface area contributed by atoms with Gasteiger partial charge in [-0.15, -0.1) is 0 Å². The van der Waals surface area contributed by atoms with Gasteiger partial charge in [-0.1, -0.05) is 11.8 Å². The van der Waals surface area contributed by atoms with Crippen molar-refractivity contribution in [1.82, 2.24) is 0 Å². The molecule has 0 aromatic heterocycles. The van der Waals surface area contributed by atoms with Crippen LogP contribution in [0.25, 0.3) is 0 Å². The molecule has 0 heterocycles. The van der Waals surface area contributed by atoms with Gasteiger partial charge in [0.25, 0.3) is 0 Å². The topological polar surface area (TPSA) is 121 Å². The van der Waals surface area contributed by atoms with Gasteiger partial charge in [0.15, 0.2) is 0 Å². The fraction of sp³-hybridized carbons (Fsp3) is 0.188. The monoisotopic (exact) mass is 582 g/mol. The summed E-state index contributed by atoms with van der Waals surface area (Å²) in [5, 5.41) is 20.6. The number of aliphatic hydroxyl groups is 2. The van der Waals surface area contributed by atoms with E-state index in [1.54, 1.807) is 76.2 Å². The van der Waals surface area contributed by atoms with E-state index in [-0.39, 0.29) is 0 Å². The van der Waals surface area contributed by atoms with E-state index in [9.17, 15) is 19.6 Å². The normalized spacial score (nSPS) is 12.3. The van der Waals surface area contributed by atoms with Crippen molar-refractivity contribution < 1.29 is 29.8 Å². The van der Waals surface area contributed by atoms with Crippen LogP contribution in [0.4, 0.5) is 0 Å². The molecule has 214 valence electrons. The molecule has 0 amide bonds. The van der Waals surface area contributed by atoms with Crippen LogP contribution in [0.3, 0.4) is 0 Å². The molecule has 6 N–H and O–H groups in total. The molecule has 40 heavy (non-hydrogen) atoms. The van der Waals surface area contributed by atoms with Crippen LogP contribution in [0.1, 0.15) is 27.7 Å². The summed E-state index contributed by atoms with van der Waals surface area (Å²) in [6.07, 6.45) is 0. The van der Waals surface area contributed by atoms with E-state index in [4.69, 9.17) is 10.2 Å². The van der Waals surface area contributed by atoms with Gasteiger partial charge >= 0.3 is 178 Å². The van der Waals surface area contributed by atoms with Crippen molar-refractivity contribution in [3.05, 3.63) is 121 Å². The second-order valence-corrected chi connectivity index (χ2v) is 15.2. The maximum absolute atomic E-state index is 10.2. The molecular formula is C32H40O6P2. The van der Waals surface area contributed by atoms with Gasteiger partial charge in [-0.05, 0) is 27.7 Å². The van der Waals surface area contributed by atoms with Crippen molar-refractivity contribution in [3.8, 4) is 11.8 Å². The third kappa shape index (κ3) is 11.3. The van der Waals surface area contributed by atoms with E-state index in [0.29, 0.717) is 21.2 Å². The van der Waals surface area contributed by atoms with E-state index < -0.39 is 26.6 Å². The Hall–Kier alpha value is -2.94. The summed E-state index contributed by atoms with van der Waals surface area (Å²) in [5.74, 6) is 5.03. The van der Waals surface area contributed by atoms with Crippen molar-refractivity contribution in [3.63, 3.8) is 0 Å². The van der Waals surface area contributed by atoms with Crippen molar-refractivity contribution in [2.45, 2.75) is 38.9 Å². The first-order chi connectivity index (χ1) is 18.6. The van der Waals surface area contributed by atoms with Crippen LogP contribution in [0.2, 0.25) is 0 Å². The Morgan fingerprint density at radius 3 is 0.725 bits per heavy atom. The maximum atomic E-state index is 10.2. The van der Waals surface area contributed by atoms with Crippen molar-refractivity contribution in [2.75, 3.05) is 0 Å². The molecule has 0 unspecified atom stereocenters. The molecule has 0 aliphatic carbocycles. The molecule has 0 aliphatic rings. The van der Waals surface area contributed by atoms with E-state index in [1.165, 1.54) is 0 Å². The Morgan fingerprint density at radius 1 is 0.400 bits per heavy atom. The van der Waals surface area contributed by atoms with Crippen molar-refractivity contribution in [2.24, 2.45) is 0 Å². The molecule has 0 saturated carbocycles. The fourth-order valence-corrected chi connectivity index (χ4v) is 6.62. The zero-order valence-electron chi connectivity index (χ0n) is 23.2. The van der Waals surface area contributed by atoms with Gasteiger partial charge in [0.1, 0.15) is 11.2 Å². The van der Waals surface area contributed by atoms with E-state index in [0.717, 1.165) is 0 Å². The second kappa shape index (κ2) is 14.6. The summed E-state index contributed by atoms with van der Waals surface area (Å²) >= 11 is 0.